The van der Waals surface area contributed by atoms with Gasteiger partial charge >= 0.3 is 6.01 Å². The maximum Gasteiger partial charge on any atom is 0.301 e. The second-order valence-corrected chi connectivity index (χ2v) is 3.99. The van der Waals surface area contributed by atoms with Gasteiger partial charge in [0.05, 0.1) is 10.6 Å². The highest BCUT2D eigenvalue weighted by Crippen LogP contribution is 2.23. The number of carbonyl (C=O) groups excluding carboxylic acids is 1. The van der Waals surface area contributed by atoms with Crippen LogP contribution in [0.2, 0.25) is 0 Å². The molecule has 0 radical (unpaired) electrons. The summed E-state index contributed by atoms with van der Waals surface area (Å²) in [6, 6.07) is 4.17. The van der Waals surface area contributed by atoms with E-state index in [0.717, 1.165) is 0 Å². The Balaban J connectivity index is 2.34. The fourth-order valence-electron chi connectivity index (χ4n) is 1.61. The van der Waals surface area contributed by atoms with Crippen LogP contribution < -0.4 is 10.6 Å². The fourth-order valence-corrected chi connectivity index (χ4v) is 1.61. The second kappa shape index (κ2) is 5.39. The highest BCUT2D eigenvalue weighted by Gasteiger charge is 2.21. The molecule has 8 nitrogen and oxygen atoms in total. The normalized spacial score (nSPS) is 10.1. The third-order valence-corrected chi connectivity index (χ3v) is 2.57. The number of rotatable bonds is 4. The highest BCUT2D eigenvalue weighted by atomic mass is 16.6. The molecule has 0 saturated heterocycles. The van der Waals surface area contributed by atoms with E-state index in [9.17, 15) is 14.9 Å². The van der Waals surface area contributed by atoms with E-state index >= 15 is 0 Å². The zero-order valence-electron chi connectivity index (χ0n) is 10.8. The van der Waals surface area contributed by atoms with Crippen molar-refractivity contribution in [2.24, 2.45) is 0 Å². The summed E-state index contributed by atoms with van der Waals surface area (Å²) in [6.45, 7) is 1.70. The van der Waals surface area contributed by atoms with E-state index in [0.29, 0.717) is 11.4 Å². The van der Waals surface area contributed by atoms with Gasteiger partial charge in [-0.05, 0) is 19.1 Å². The molecular weight excluding hydrogens is 264 g/mol. The number of nitrogens with one attached hydrogen (secondary N) is 2. The van der Waals surface area contributed by atoms with Crippen molar-refractivity contribution in [3.05, 3.63) is 45.8 Å². The molecule has 0 fully saturated rings. The van der Waals surface area contributed by atoms with E-state index in [4.69, 9.17) is 4.42 Å². The molecule has 0 bridgehead atoms. The number of nitrogens with zero attached hydrogens (tertiary/aromatic N) is 2. The Kier molecular flexibility index (Phi) is 3.65. The molecule has 0 aliphatic rings. The van der Waals surface area contributed by atoms with Crippen LogP contribution in [0.3, 0.4) is 0 Å². The molecule has 1 aromatic heterocycles. The molecule has 1 amide bonds. The summed E-state index contributed by atoms with van der Waals surface area (Å²) in [4.78, 5) is 26.3. The summed E-state index contributed by atoms with van der Waals surface area (Å²) < 4.78 is 4.98. The van der Waals surface area contributed by atoms with Crippen LogP contribution in [0.15, 0.2) is 28.9 Å². The SMILES string of the molecule is CNc1ccc([N+](=O)[O-])c(C(=O)Nc2nc(C)co2)c1. The lowest BCUT2D eigenvalue weighted by Crippen LogP contribution is -2.14. The first-order valence-corrected chi connectivity index (χ1v) is 5.71. The summed E-state index contributed by atoms with van der Waals surface area (Å²) in [5, 5.41) is 16.1. The lowest BCUT2D eigenvalue weighted by molar-refractivity contribution is -0.385. The Labute approximate surface area is 114 Å². The standard InChI is InChI=1S/C12H12N4O4/c1-7-6-20-12(14-7)15-11(17)9-5-8(13-2)3-4-10(9)16(18)19/h3-6,13H,1-2H3,(H,14,15,17). The van der Waals surface area contributed by atoms with Crippen LogP contribution in [0.5, 0.6) is 0 Å². The number of carbonyl (C=O) groups is 1. The van der Waals surface area contributed by atoms with E-state index in [-0.39, 0.29) is 17.3 Å². The zero-order chi connectivity index (χ0) is 14.7. The molecular formula is C12H12N4O4. The Bertz CT molecular complexity index is 665. The Morgan fingerprint density at radius 2 is 2.20 bits per heavy atom. The molecule has 20 heavy (non-hydrogen) atoms. The summed E-state index contributed by atoms with van der Waals surface area (Å²) >= 11 is 0. The number of amides is 1. The van der Waals surface area contributed by atoms with Crippen molar-refractivity contribution in [2.45, 2.75) is 6.92 Å². The molecule has 8 heteroatoms. The van der Waals surface area contributed by atoms with Gasteiger partial charge in [-0.15, -0.1) is 0 Å². The number of nitro groups is 1. The molecule has 0 saturated carbocycles. The summed E-state index contributed by atoms with van der Waals surface area (Å²) in [6.07, 6.45) is 1.37. The number of hydrogen-bond acceptors (Lipinski definition) is 6. The first-order valence-electron chi connectivity index (χ1n) is 5.71. The molecule has 0 aliphatic heterocycles. The first kappa shape index (κ1) is 13.5. The Hall–Kier alpha value is -2.90. The second-order valence-electron chi connectivity index (χ2n) is 3.99. The monoisotopic (exact) mass is 276 g/mol. The number of anilines is 2. The van der Waals surface area contributed by atoms with Gasteiger partial charge in [-0.3, -0.25) is 20.2 Å². The molecule has 1 heterocycles. The van der Waals surface area contributed by atoms with Gasteiger partial charge in [0.25, 0.3) is 11.6 Å². The smallest absolute Gasteiger partial charge is 0.301 e. The van der Waals surface area contributed by atoms with Crippen LogP contribution in [-0.2, 0) is 0 Å². The Morgan fingerprint density at radius 3 is 2.75 bits per heavy atom. The largest absolute Gasteiger partial charge is 0.432 e. The van der Waals surface area contributed by atoms with Gasteiger partial charge in [0, 0.05) is 18.8 Å². The molecule has 0 atom stereocenters. The molecule has 2 rings (SSSR count). The lowest BCUT2D eigenvalue weighted by atomic mass is 10.1. The first-order chi connectivity index (χ1) is 9.51. The number of nitro benzene ring substituents is 1. The number of oxazole rings is 1. The summed E-state index contributed by atoms with van der Waals surface area (Å²) in [7, 11) is 1.65. The van der Waals surface area contributed by atoms with Crippen molar-refractivity contribution in [1.82, 2.24) is 4.98 Å². The van der Waals surface area contributed by atoms with Gasteiger partial charge in [-0.1, -0.05) is 0 Å². The predicted molar refractivity (Wildman–Crippen MR) is 71.8 cm³/mol. The van der Waals surface area contributed by atoms with Crippen LogP contribution >= 0.6 is 0 Å². The van der Waals surface area contributed by atoms with Crippen LogP contribution in [-0.4, -0.2) is 22.9 Å². The third kappa shape index (κ3) is 2.74. The van der Waals surface area contributed by atoms with Crippen molar-refractivity contribution in [1.29, 1.82) is 0 Å². The average molecular weight is 276 g/mol. The van der Waals surface area contributed by atoms with Crippen LogP contribution in [0.25, 0.3) is 0 Å². The maximum absolute atomic E-state index is 12.1. The van der Waals surface area contributed by atoms with Gasteiger partial charge < -0.3 is 9.73 Å². The van der Waals surface area contributed by atoms with Gasteiger partial charge in [-0.25, -0.2) is 0 Å². The zero-order valence-corrected chi connectivity index (χ0v) is 10.8. The van der Waals surface area contributed by atoms with E-state index in [1.54, 1.807) is 14.0 Å². The minimum atomic E-state index is -0.657. The van der Waals surface area contributed by atoms with Gasteiger partial charge in [0.2, 0.25) is 0 Å². The third-order valence-electron chi connectivity index (χ3n) is 2.57. The molecule has 0 aliphatic carbocycles. The van der Waals surface area contributed by atoms with Crippen LogP contribution in [0, 0.1) is 17.0 Å². The number of aromatic nitrogens is 1. The van der Waals surface area contributed by atoms with Gasteiger partial charge in [0.15, 0.2) is 0 Å². The number of benzene rings is 1. The van der Waals surface area contributed by atoms with Crippen molar-refractivity contribution < 1.29 is 14.1 Å². The van der Waals surface area contributed by atoms with Crippen LogP contribution in [0.1, 0.15) is 16.1 Å². The minimum Gasteiger partial charge on any atom is -0.432 e. The molecule has 104 valence electrons. The molecule has 0 unspecified atom stereocenters. The van der Waals surface area contributed by atoms with Gasteiger partial charge in [-0.2, -0.15) is 4.98 Å². The fraction of sp³-hybridized carbons (Fsp3) is 0.167. The predicted octanol–water partition coefficient (Wildman–Crippen LogP) is 2.19. The van der Waals surface area contributed by atoms with Crippen molar-refractivity contribution in [2.75, 3.05) is 17.7 Å². The highest BCUT2D eigenvalue weighted by molar-refractivity contribution is 6.06. The molecule has 2 N–H and O–H groups in total. The van der Waals surface area contributed by atoms with Crippen molar-refractivity contribution in [3.63, 3.8) is 0 Å². The minimum absolute atomic E-state index is 0.00309. The summed E-state index contributed by atoms with van der Waals surface area (Å²) in [5.74, 6) is -0.657. The maximum atomic E-state index is 12.1. The van der Waals surface area contributed by atoms with Crippen molar-refractivity contribution >= 4 is 23.3 Å². The quantitative estimate of drug-likeness (QED) is 0.654. The number of aryl methyl sites for hydroxylation is 1. The van der Waals surface area contributed by atoms with E-state index in [1.807, 2.05) is 0 Å². The topological polar surface area (TPSA) is 110 Å². The lowest BCUT2D eigenvalue weighted by Gasteiger charge is -2.05. The van der Waals surface area contributed by atoms with Crippen molar-refractivity contribution in [3.8, 4) is 0 Å². The van der Waals surface area contributed by atoms with Crippen LogP contribution in [0.4, 0.5) is 17.4 Å². The molecule has 0 spiro atoms. The number of hydrogen-bond donors (Lipinski definition) is 2. The van der Waals surface area contributed by atoms with Gasteiger partial charge in [0.1, 0.15) is 11.8 Å². The molecule has 1 aromatic carbocycles. The van der Waals surface area contributed by atoms with E-state index in [1.165, 1.54) is 24.5 Å². The van der Waals surface area contributed by atoms with E-state index < -0.39 is 10.8 Å². The Morgan fingerprint density at radius 1 is 1.45 bits per heavy atom. The summed E-state index contributed by atoms with van der Waals surface area (Å²) in [5.41, 5.74) is 0.825. The molecule has 2 aromatic rings. The van der Waals surface area contributed by atoms with E-state index in [2.05, 4.69) is 15.6 Å². The average Bonchev–Trinajstić information content (AvgIpc) is 2.83.